The lowest BCUT2D eigenvalue weighted by atomic mass is 10.0. The van der Waals surface area contributed by atoms with Crippen molar-refractivity contribution >= 4 is 21.6 Å². The van der Waals surface area contributed by atoms with E-state index in [9.17, 15) is 0 Å². The number of hydrogen-bond donors (Lipinski definition) is 0. The van der Waals surface area contributed by atoms with Gasteiger partial charge in [0.1, 0.15) is 0 Å². The van der Waals surface area contributed by atoms with Gasteiger partial charge in [-0.3, -0.25) is 4.98 Å². The van der Waals surface area contributed by atoms with Gasteiger partial charge in [0.25, 0.3) is 0 Å². The molecule has 2 fully saturated rings. The first-order valence-corrected chi connectivity index (χ1v) is 6.71. The molecule has 1 aromatic heterocycles. The first-order valence-electron chi connectivity index (χ1n) is 5.91. The van der Waals surface area contributed by atoms with E-state index in [0.717, 1.165) is 43.6 Å². The molecule has 0 bridgehead atoms. The van der Waals surface area contributed by atoms with Gasteiger partial charge in [0, 0.05) is 38.3 Å². The SMILES string of the molecule is Brc1cnccc1N1CCC2(CC1)OCCO2. The summed E-state index contributed by atoms with van der Waals surface area (Å²) in [6.07, 6.45) is 5.53. The van der Waals surface area contributed by atoms with E-state index < -0.39 is 0 Å². The number of halogens is 1. The smallest absolute Gasteiger partial charge is 0.171 e. The molecule has 92 valence electrons. The molecule has 0 aromatic carbocycles. The fourth-order valence-electron chi connectivity index (χ4n) is 2.50. The van der Waals surface area contributed by atoms with Gasteiger partial charge in [-0.25, -0.2) is 0 Å². The Morgan fingerprint density at radius 2 is 1.94 bits per heavy atom. The molecular weight excluding hydrogens is 284 g/mol. The van der Waals surface area contributed by atoms with Gasteiger partial charge in [-0.05, 0) is 22.0 Å². The van der Waals surface area contributed by atoms with Crippen molar-refractivity contribution in [1.82, 2.24) is 4.98 Å². The van der Waals surface area contributed by atoms with Gasteiger partial charge in [-0.15, -0.1) is 0 Å². The lowest BCUT2D eigenvalue weighted by molar-refractivity contribution is -0.169. The van der Waals surface area contributed by atoms with Crippen LogP contribution >= 0.6 is 15.9 Å². The molecule has 0 unspecified atom stereocenters. The molecule has 0 aliphatic carbocycles. The highest BCUT2D eigenvalue weighted by Gasteiger charge is 2.39. The van der Waals surface area contributed by atoms with Gasteiger partial charge in [0.15, 0.2) is 5.79 Å². The van der Waals surface area contributed by atoms with Crippen LogP contribution in [0.15, 0.2) is 22.9 Å². The monoisotopic (exact) mass is 298 g/mol. The van der Waals surface area contributed by atoms with Crippen molar-refractivity contribution < 1.29 is 9.47 Å². The third-order valence-electron chi connectivity index (χ3n) is 3.43. The van der Waals surface area contributed by atoms with Crippen molar-refractivity contribution in [3.05, 3.63) is 22.9 Å². The molecule has 0 N–H and O–H groups in total. The summed E-state index contributed by atoms with van der Waals surface area (Å²) in [7, 11) is 0. The summed E-state index contributed by atoms with van der Waals surface area (Å²) in [5.74, 6) is -0.296. The average molecular weight is 299 g/mol. The quantitative estimate of drug-likeness (QED) is 0.796. The highest BCUT2D eigenvalue weighted by Crippen LogP contribution is 2.35. The number of anilines is 1. The highest BCUT2D eigenvalue weighted by atomic mass is 79.9. The number of rotatable bonds is 1. The van der Waals surface area contributed by atoms with Crippen LogP contribution < -0.4 is 4.90 Å². The zero-order valence-corrected chi connectivity index (χ0v) is 11.1. The predicted octanol–water partition coefficient (Wildman–Crippen LogP) is 2.19. The summed E-state index contributed by atoms with van der Waals surface area (Å²) in [6, 6.07) is 2.04. The Hall–Kier alpha value is -0.650. The van der Waals surface area contributed by atoms with Crippen LogP contribution in [0, 0.1) is 0 Å². The van der Waals surface area contributed by atoms with Crippen LogP contribution in [0.2, 0.25) is 0 Å². The van der Waals surface area contributed by atoms with Crippen molar-refractivity contribution in [3.63, 3.8) is 0 Å². The summed E-state index contributed by atoms with van der Waals surface area (Å²) in [5.41, 5.74) is 1.20. The fraction of sp³-hybridized carbons (Fsp3) is 0.583. The third kappa shape index (κ3) is 2.19. The Bertz CT molecular complexity index is 397. The minimum absolute atomic E-state index is 0.296. The van der Waals surface area contributed by atoms with Gasteiger partial charge >= 0.3 is 0 Å². The molecule has 4 nitrogen and oxygen atoms in total. The molecule has 2 saturated heterocycles. The molecule has 1 aromatic rings. The van der Waals surface area contributed by atoms with Crippen LogP contribution in [0.4, 0.5) is 5.69 Å². The lowest BCUT2D eigenvalue weighted by Crippen LogP contribution is -2.45. The van der Waals surface area contributed by atoms with E-state index in [2.05, 4.69) is 25.8 Å². The first-order chi connectivity index (χ1) is 8.29. The van der Waals surface area contributed by atoms with Crippen LogP contribution in [0.3, 0.4) is 0 Å². The summed E-state index contributed by atoms with van der Waals surface area (Å²) in [5, 5.41) is 0. The van der Waals surface area contributed by atoms with E-state index >= 15 is 0 Å². The highest BCUT2D eigenvalue weighted by molar-refractivity contribution is 9.10. The molecular formula is C12H15BrN2O2. The maximum absolute atomic E-state index is 5.72. The average Bonchev–Trinajstić information content (AvgIpc) is 2.80. The van der Waals surface area contributed by atoms with Crippen molar-refractivity contribution in [2.24, 2.45) is 0 Å². The topological polar surface area (TPSA) is 34.6 Å². The Morgan fingerprint density at radius 3 is 2.59 bits per heavy atom. The fourth-order valence-corrected chi connectivity index (χ4v) is 3.00. The van der Waals surface area contributed by atoms with E-state index in [1.165, 1.54) is 5.69 Å². The van der Waals surface area contributed by atoms with Gasteiger partial charge in [0.05, 0.1) is 23.4 Å². The molecule has 2 aliphatic heterocycles. The van der Waals surface area contributed by atoms with Gasteiger partial charge < -0.3 is 14.4 Å². The summed E-state index contributed by atoms with van der Waals surface area (Å²) in [6.45, 7) is 3.39. The van der Waals surface area contributed by atoms with Crippen LogP contribution in [0.5, 0.6) is 0 Å². The van der Waals surface area contributed by atoms with E-state index in [1.54, 1.807) is 0 Å². The van der Waals surface area contributed by atoms with Crippen molar-refractivity contribution in [2.75, 3.05) is 31.2 Å². The maximum atomic E-state index is 5.72. The van der Waals surface area contributed by atoms with Crippen molar-refractivity contribution in [1.29, 1.82) is 0 Å². The van der Waals surface area contributed by atoms with E-state index in [0.29, 0.717) is 0 Å². The van der Waals surface area contributed by atoms with Crippen molar-refractivity contribution in [3.8, 4) is 0 Å². The number of hydrogen-bond acceptors (Lipinski definition) is 4. The summed E-state index contributed by atoms with van der Waals surface area (Å²) in [4.78, 5) is 6.44. The molecule has 1 spiro atoms. The molecule has 0 saturated carbocycles. The minimum atomic E-state index is -0.296. The molecule has 0 radical (unpaired) electrons. The zero-order chi connectivity index (χ0) is 11.7. The minimum Gasteiger partial charge on any atom is -0.370 e. The lowest BCUT2D eigenvalue weighted by Gasteiger charge is -2.38. The zero-order valence-electron chi connectivity index (χ0n) is 9.56. The molecule has 5 heteroatoms. The molecule has 3 rings (SSSR count). The van der Waals surface area contributed by atoms with Crippen LogP contribution in [0.1, 0.15) is 12.8 Å². The first kappa shape index (κ1) is 11.4. The third-order valence-corrected chi connectivity index (χ3v) is 4.04. The standard InChI is InChI=1S/C12H15BrN2O2/c13-10-9-14-4-1-11(10)15-5-2-12(3-6-15)16-7-8-17-12/h1,4,9H,2-3,5-8H2. The van der Waals surface area contributed by atoms with Crippen LogP contribution in [0.25, 0.3) is 0 Å². The second-order valence-corrected chi connectivity index (χ2v) is 5.28. The van der Waals surface area contributed by atoms with Gasteiger partial charge in [-0.1, -0.05) is 0 Å². The molecule has 17 heavy (non-hydrogen) atoms. The normalized spacial score (nSPS) is 23.2. The molecule has 3 heterocycles. The van der Waals surface area contributed by atoms with Gasteiger partial charge in [-0.2, -0.15) is 0 Å². The second kappa shape index (κ2) is 4.55. The van der Waals surface area contributed by atoms with E-state index in [4.69, 9.17) is 9.47 Å². The number of piperidine rings is 1. The second-order valence-electron chi connectivity index (χ2n) is 4.42. The Balaban J connectivity index is 1.71. The molecule has 0 atom stereocenters. The Morgan fingerprint density at radius 1 is 1.24 bits per heavy atom. The van der Waals surface area contributed by atoms with Crippen LogP contribution in [-0.4, -0.2) is 37.1 Å². The van der Waals surface area contributed by atoms with E-state index in [-0.39, 0.29) is 5.79 Å². The van der Waals surface area contributed by atoms with Gasteiger partial charge in [0.2, 0.25) is 0 Å². The molecule has 2 aliphatic rings. The number of ether oxygens (including phenoxy) is 2. The Labute approximate surface area is 109 Å². The Kier molecular flexibility index (Phi) is 3.06. The number of nitrogens with zero attached hydrogens (tertiary/aromatic N) is 2. The summed E-state index contributed by atoms with van der Waals surface area (Å²) < 4.78 is 12.5. The maximum Gasteiger partial charge on any atom is 0.171 e. The van der Waals surface area contributed by atoms with E-state index in [1.807, 2.05) is 18.5 Å². The number of aromatic nitrogens is 1. The van der Waals surface area contributed by atoms with Crippen LogP contribution in [-0.2, 0) is 9.47 Å². The molecule has 0 amide bonds. The summed E-state index contributed by atoms with van der Waals surface area (Å²) >= 11 is 3.54. The van der Waals surface area contributed by atoms with Crippen molar-refractivity contribution in [2.45, 2.75) is 18.6 Å². The largest absolute Gasteiger partial charge is 0.370 e. The number of pyridine rings is 1. The predicted molar refractivity (Wildman–Crippen MR) is 68.0 cm³/mol.